The van der Waals surface area contributed by atoms with E-state index >= 15 is 0 Å². The summed E-state index contributed by atoms with van der Waals surface area (Å²) < 4.78 is 11.8. The third kappa shape index (κ3) is 1.98. The predicted octanol–water partition coefficient (Wildman–Crippen LogP) is 3.71. The molecule has 0 radical (unpaired) electrons. The molecule has 0 N–H and O–H groups in total. The maximum absolute atomic E-state index is 5.89. The fraction of sp³-hybridized carbons (Fsp3) is 0.600. The first-order chi connectivity index (χ1) is 8.66. The van der Waals surface area contributed by atoms with Crippen LogP contribution < -0.4 is 0 Å². The largest absolute Gasteiger partial charge is 0.347 e. The Kier molecular flexibility index (Phi) is 3.16. The number of rotatable bonds is 4. The van der Waals surface area contributed by atoms with E-state index in [9.17, 15) is 0 Å². The zero-order valence-electron chi connectivity index (χ0n) is 11.0. The fourth-order valence-electron chi connectivity index (χ4n) is 2.98. The summed E-state index contributed by atoms with van der Waals surface area (Å²) in [6.07, 6.45) is 2.43. The Morgan fingerprint density at radius 1 is 1.11 bits per heavy atom. The van der Waals surface area contributed by atoms with Crippen LogP contribution in [0.3, 0.4) is 0 Å². The molecule has 0 bridgehead atoms. The van der Waals surface area contributed by atoms with E-state index in [2.05, 4.69) is 44.2 Å². The second kappa shape index (κ2) is 4.55. The number of hydrogen-bond donors (Lipinski definition) is 0. The Bertz CT molecular complexity index is 408. The van der Waals surface area contributed by atoms with Gasteiger partial charge in [0.15, 0.2) is 5.79 Å². The summed E-state index contributed by atoms with van der Waals surface area (Å²) in [5.41, 5.74) is 0.198. The van der Waals surface area contributed by atoms with Gasteiger partial charge in [-0.3, -0.25) is 0 Å². The van der Waals surface area contributed by atoms with Crippen molar-refractivity contribution in [1.82, 2.24) is 0 Å². The lowest BCUT2D eigenvalue weighted by Gasteiger charge is -2.36. The van der Waals surface area contributed by atoms with Gasteiger partial charge in [0.05, 0.1) is 13.2 Å². The molecule has 0 aromatic heterocycles. The molecule has 0 spiro atoms. The molecule has 2 fully saturated rings. The molecular weight excluding hydrogens is 244 g/mol. The lowest BCUT2D eigenvalue weighted by atomic mass is 9.93. The van der Waals surface area contributed by atoms with Gasteiger partial charge in [-0.25, -0.2) is 0 Å². The molecule has 1 aliphatic heterocycles. The van der Waals surface area contributed by atoms with E-state index in [-0.39, 0.29) is 11.2 Å². The molecule has 18 heavy (non-hydrogen) atoms. The summed E-state index contributed by atoms with van der Waals surface area (Å²) in [5, 5.41) is 0.517. The molecule has 3 heteroatoms. The zero-order chi connectivity index (χ0) is 12.6. The summed E-state index contributed by atoms with van der Waals surface area (Å²) >= 11 is 1.94. The van der Waals surface area contributed by atoms with Crippen LogP contribution in [0.15, 0.2) is 35.2 Å². The summed E-state index contributed by atoms with van der Waals surface area (Å²) in [6.45, 7) is 5.90. The monoisotopic (exact) mass is 264 g/mol. The first-order valence-electron chi connectivity index (χ1n) is 6.66. The van der Waals surface area contributed by atoms with Gasteiger partial charge in [0.25, 0.3) is 0 Å². The maximum Gasteiger partial charge on any atom is 0.172 e. The molecule has 1 aromatic rings. The van der Waals surface area contributed by atoms with Gasteiger partial charge in [0.2, 0.25) is 0 Å². The topological polar surface area (TPSA) is 18.5 Å². The molecule has 98 valence electrons. The highest BCUT2D eigenvalue weighted by molar-refractivity contribution is 8.00. The Morgan fingerprint density at radius 2 is 1.72 bits per heavy atom. The minimum atomic E-state index is -0.367. The summed E-state index contributed by atoms with van der Waals surface area (Å²) in [6, 6.07) is 10.6. The molecule has 2 aliphatic rings. The van der Waals surface area contributed by atoms with Crippen molar-refractivity contribution in [3.05, 3.63) is 30.3 Å². The highest BCUT2D eigenvalue weighted by atomic mass is 32.2. The summed E-state index contributed by atoms with van der Waals surface area (Å²) in [7, 11) is 0. The molecule has 1 saturated carbocycles. The minimum absolute atomic E-state index is 0.198. The highest BCUT2D eigenvalue weighted by Crippen LogP contribution is 2.62. The van der Waals surface area contributed by atoms with E-state index in [0.717, 1.165) is 13.2 Å². The third-order valence-corrected chi connectivity index (χ3v) is 5.71. The van der Waals surface area contributed by atoms with Gasteiger partial charge in [-0.1, -0.05) is 25.1 Å². The Hall–Kier alpha value is -0.510. The zero-order valence-corrected chi connectivity index (χ0v) is 11.8. The van der Waals surface area contributed by atoms with Gasteiger partial charge in [0, 0.05) is 15.6 Å². The lowest BCUT2D eigenvalue weighted by Crippen LogP contribution is -2.42. The number of thioether (sulfide) groups is 1. The molecular formula is C15H20O2S. The van der Waals surface area contributed by atoms with Crippen LogP contribution in [0, 0.1) is 5.41 Å². The third-order valence-electron chi connectivity index (χ3n) is 4.37. The van der Waals surface area contributed by atoms with E-state index < -0.39 is 0 Å². The van der Waals surface area contributed by atoms with Gasteiger partial charge in [-0.2, -0.15) is 0 Å². The van der Waals surface area contributed by atoms with Gasteiger partial charge >= 0.3 is 0 Å². The molecule has 1 aliphatic carbocycles. The SMILES string of the molecule is CC(Sc1ccccc1)C1(C2(C)OCCO2)CC1. The first-order valence-corrected chi connectivity index (χ1v) is 7.54. The van der Waals surface area contributed by atoms with Crippen molar-refractivity contribution in [2.24, 2.45) is 5.41 Å². The highest BCUT2D eigenvalue weighted by Gasteiger charge is 2.63. The predicted molar refractivity (Wildman–Crippen MR) is 73.7 cm³/mol. The first kappa shape index (κ1) is 12.5. The van der Waals surface area contributed by atoms with E-state index in [4.69, 9.17) is 9.47 Å². The molecule has 1 saturated heterocycles. The second-order valence-electron chi connectivity index (χ2n) is 5.37. The second-order valence-corrected chi connectivity index (χ2v) is 6.79. The van der Waals surface area contributed by atoms with E-state index in [0.29, 0.717) is 5.25 Å². The van der Waals surface area contributed by atoms with Gasteiger partial charge in [0.1, 0.15) is 0 Å². The summed E-state index contributed by atoms with van der Waals surface area (Å²) in [4.78, 5) is 1.33. The van der Waals surface area contributed by atoms with Crippen molar-refractivity contribution < 1.29 is 9.47 Å². The Labute approximate surface area is 113 Å². The standard InChI is InChI=1S/C15H20O2S/c1-12(18-13-6-4-3-5-7-13)15(8-9-15)14(2)16-10-11-17-14/h3-7,12H,8-11H2,1-2H3. The van der Waals surface area contributed by atoms with Crippen molar-refractivity contribution >= 4 is 11.8 Å². The normalized spacial score (nSPS) is 25.9. The van der Waals surface area contributed by atoms with Crippen molar-refractivity contribution in [2.75, 3.05) is 13.2 Å². The van der Waals surface area contributed by atoms with Crippen LogP contribution in [-0.4, -0.2) is 24.3 Å². The Balaban J connectivity index is 1.74. The van der Waals surface area contributed by atoms with Crippen LogP contribution >= 0.6 is 11.8 Å². The molecule has 2 nitrogen and oxygen atoms in total. The smallest absolute Gasteiger partial charge is 0.172 e. The fourth-order valence-corrected chi connectivity index (χ4v) is 4.38. The number of hydrogen-bond acceptors (Lipinski definition) is 3. The Morgan fingerprint density at radius 3 is 2.28 bits per heavy atom. The minimum Gasteiger partial charge on any atom is -0.347 e. The van der Waals surface area contributed by atoms with Crippen LogP contribution in [0.4, 0.5) is 0 Å². The quantitative estimate of drug-likeness (QED) is 0.772. The van der Waals surface area contributed by atoms with Gasteiger partial charge in [-0.15, -0.1) is 11.8 Å². The van der Waals surface area contributed by atoms with Gasteiger partial charge < -0.3 is 9.47 Å². The van der Waals surface area contributed by atoms with Crippen molar-refractivity contribution in [1.29, 1.82) is 0 Å². The number of ether oxygens (including phenoxy) is 2. The average molecular weight is 264 g/mol. The van der Waals surface area contributed by atoms with Crippen LogP contribution in [0.25, 0.3) is 0 Å². The van der Waals surface area contributed by atoms with Gasteiger partial charge in [-0.05, 0) is 31.9 Å². The molecule has 3 rings (SSSR count). The molecule has 1 aromatic carbocycles. The van der Waals surface area contributed by atoms with E-state index in [1.807, 2.05) is 11.8 Å². The van der Waals surface area contributed by atoms with E-state index in [1.54, 1.807) is 0 Å². The maximum atomic E-state index is 5.89. The van der Waals surface area contributed by atoms with Crippen molar-refractivity contribution in [2.45, 2.75) is 42.6 Å². The van der Waals surface area contributed by atoms with Crippen LogP contribution in [-0.2, 0) is 9.47 Å². The van der Waals surface area contributed by atoms with Crippen LogP contribution in [0.5, 0.6) is 0 Å². The number of benzene rings is 1. The van der Waals surface area contributed by atoms with E-state index in [1.165, 1.54) is 17.7 Å². The van der Waals surface area contributed by atoms with Crippen LogP contribution in [0.1, 0.15) is 26.7 Å². The molecule has 1 unspecified atom stereocenters. The van der Waals surface area contributed by atoms with Crippen molar-refractivity contribution in [3.8, 4) is 0 Å². The average Bonchev–Trinajstić information content (AvgIpc) is 3.09. The van der Waals surface area contributed by atoms with Crippen molar-refractivity contribution in [3.63, 3.8) is 0 Å². The lowest BCUT2D eigenvalue weighted by molar-refractivity contribution is -0.191. The molecule has 1 atom stereocenters. The van der Waals surface area contributed by atoms with Crippen LogP contribution in [0.2, 0.25) is 0 Å². The molecule has 1 heterocycles. The molecule has 0 amide bonds. The summed E-state index contributed by atoms with van der Waals surface area (Å²) in [5.74, 6) is -0.367.